The average molecular weight is 486 g/mol. The number of benzene rings is 3. The van der Waals surface area contributed by atoms with Crippen LogP contribution in [-0.4, -0.2) is 25.1 Å². The maximum atomic E-state index is 12.2. The second-order valence-corrected chi connectivity index (χ2v) is 7.74. The molecule has 0 unspecified atom stereocenters. The first kappa shape index (κ1) is 24.1. The van der Waals surface area contributed by atoms with Crippen molar-refractivity contribution in [2.45, 2.75) is 13.5 Å². The Labute approximate surface area is 201 Å². The van der Waals surface area contributed by atoms with Gasteiger partial charge in [0, 0.05) is 33.8 Å². The smallest absolute Gasteiger partial charge is 0.271 e. The number of hydrazone groups is 1. The zero-order chi connectivity index (χ0) is 23.8. The summed E-state index contributed by atoms with van der Waals surface area (Å²) in [6.07, 6.45) is 1.49. The molecule has 0 aliphatic heterocycles. The Kier molecular flexibility index (Phi) is 8.29. The van der Waals surface area contributed by atoms with Crippen molar-refractivity contribution in [2.24, 2.45) is 5.10 Å². The number of rotatable bonds is 8. The Morgan fingerprint density at radius 2 is 1.76 bits per heavy atom. The van der Waals surface area contributed by atoms with Crippen LogP contribution in [0.1, 0.15) is 28.4 Å². The van der Waals surface area contributed by atoms with Crippen LogP contribution in [0.2, 0.25) is 10.0 Å². The summed E-state index contributed by atoms with van der Waals surface area (Å²) < 4.78 is 11.2. The Balaban J connectivity index is 1.60. The number of hydrogen-bond donors (Lipinski definition) is 2. The largest absolute Gasteiger partial charge is 0.493 e. The van der Waals surface area contributed by atoms with Gasteiger partial charge in [0.05, 0.1) is 13.3 Å². The van der Waals surface area contributed by atoms with E-state index in [1.807, 2.05) is 0 Å². The highest BCUT2D eigenvalue weighted by molar-refractivity contribution is 6.35. The highest BCUT2D eigenvalue weighted by atomic mass is 35.5. The van der Waals surface area contributed by atoms with Crippen molar-refractivity contribution in [1.29, 1.82) is 0 Å². The van der Waals surface area contributed by atoms with Gasteiger partial charge in [-0.2, -0.15) is 5.10 Å². The topological polar surface area (TPSA) is 89.0 Å². The molecule has 0 bridgehead atoms. The Hall–Kier alpha value is -3.55. The van der Waals surface area contributed by atoms with E-state index in [2.05, 4.69) is 15.8 Å². The maximum absolute atomic E-state index is 12.2. The van der Waals surface area contributed by atoms with E-state index in [-0.39, 0.29) is 18.4 Å². The molecule has 3 aromatic carbocycles. The third-order valence-corrected chi connectivity index (χ3v) is 5.02. The van der Waals surface area contributed by atoms with Gasteiger partial charge in [-0.05, 0) is 60.2 Å². The van der Waals surface area contributed by atoms with Crippen LogP contribution >= 0.6 is 23.2 Å². The summed E-state index contributed by atoms with van der Waals surface area (Å²) in [6.45, 7) is 1.66. The van der Waals surface area contributed by atoms with Gasteiger partial charge in [-0.3, -0.25) is 9.59 Å². The van der Waals surface area contributed by atoms with E-state index in [0.717, 1.165) is 5.56 Å². The van der Waals surface area contributed by atoms with E-state index in [0.29, 0.717) is 38.4 Å². The fourth-order valence-electron chi connectivity index (χ4n) is 2.82. The fraction of sp³-hybridized carbons (Fsp3) is 0.125. The Bertz CT molecular complexity index is 1180. The predicted octanol–water partition coefficient (Wildman–Crippen LogP) is 5.30. The second kappa shape index (κ2) is 11.4. The van der Waals surface area contributed by atoms with Crippen molar-refractivity contribution in [1.82, 2.24) is 5.43 Å². The minimum atomic E-state index is -0.382. The van der Waals surface area contributed by atoms with Crippen LogP contribution in [0, 0.1) is 0 Å². The fourth-order valence-corrected chi connectivity index (χ4v) is 3.28. The van der Waals surface area contributed by atoms with Crippen LogP contribution in [0.4, 0.5) is 5.69 Å². The molecule has 2 N–H and O–H groups in total. The number of amides is 2. The third kappa shape index (κ3) is 6.97. The van der Waals surface area contributed by atoms with Crippen molar-refractivity contribution in [2.75, 3.05) is 12.4 Å². The van der Waals surface area contributed by atoms with Crippen molar-refractivity contribution in [3.05, 3.63) is 87.4 Å². The lowest BCUT2D eigenvalue weighted by molar-refractivity contribution is -0.114. The molecule has 170 valence electrons. The number of hydrogen-bond acceptors (Lipinski definition) is 5. The summed E-state index contributed by atoms with van der Waals surface area (Å²) in [5.74, 6) is 0.470. The lowest BCUT2D eigenvalue weighted by Crippen LogP contribution is -2.17. The average Bonchev–Trinajstić information content (AvgIpc) is 2.79. The number of anilines is 1. The van der Waals surface area contributed by atoms with Crippen LogP contribution in [-0.2, 0) is 11.4 Å². The van der Waals surface area contributed by atoms with Crippen molar-refractivity contribution in [3.8, 4) is 11.5 Å². The van der Waals surface area contributed by atoms with E-state index in [4.69, 9.17) is 32.7 Å². The van der Waals surface area contributed by atoms with E-state index in [9.17, 15) is 9.59 Å². The summed E-state index contributed by atoms with van der Waals surface area (Å²) in [4.78, 5) is 23.3. The summed E-state index contributed by atoms with van der Waals surface area (Å²) in [6, 6.07) is 16.9. The standard InChI is InChI=1S/C24H21Cl2N3O4/c1-15(30)28-20-8-5-17(6-9-20)24(31)29-27-13-16-3-10-22(23(11-16)32-2)33-14-18-4-7-19(25)12-21(18)26/h3-13H,14H2,1-2H3,(H,28,30)(H,29,31)/b27-13-. The van der Waals surface area contributed by atoms with Crippen molar-refractivity contribution in [3.63, 3.8) is 0 Å². The molecule has 0 spiro atoms. The van der Waals surface area contributed by atoms with Gasteiger partial charge in [-0.25, -0.2) is 5.43 Å². The van der Waals surface area contributed by atoms with Gasteiger partial charge in [0.25, 0.3) is 5.91 Å². The summed E-state index contributed by atoms with van der Waals surface area (Å²) in [5.41, 5.74) is 4.97. The van der Waals surface area contributed by atoms with Crippen LogP contribution in [0.3, 0.4) is 0 Å². The van der Waals surface area contributed by atoms with Crippen molar-refractivity contribution < 1.29 is 19.1 Å². The van der Waals surface area contributed by atoms with Gasteiger partial charge in [-0.15, -0.1) is 0 Å². The quantitative estimate of drug-likeness (QED) is 0.334. The molecule has 0 atom stereocenters. The molecule has 0 saturated carbocycles. The number of ether oxygens (including phenoxy) is 2. The van der Waals surface area contributed by atoms with E-state index in [1.165, 1.54) is 20.2 Å². The number of carbonyl (C=O) groups is 2. The molecule has 2 amide bonds. The predicted molar refractivity (Wildman–Crippen MR) is 130 cm³/mol. The molecule has 0 radical (unpaired) electrons. The van der Waals surface area contributed by atoms with Gasteiger partial charge < -0.3 is 14.8 Å². The SMILES string of the molecule is COc1cc(/C=N\NC(=O)c2ccc(NC(C)=O)cc2)ccc1OCc1ccc(Cl)cc1Cl. The van der Waals surface area contributed by atoms with Gasteiger partial charge in [0.15, 0.2) is 11.5 Å². The monoisotopic (exact) mass is 485 g/mol. The first-order valence-electron chi connectivity index (χ1n) is 9.81. The molecule has 7 nitrogen and oxygen atoms in total. The van der Waals surface area contributed by atoms with Crippen LogP contribution in [0.15, 0.2) is 65.8 Å². The summed E-state index contributed by atoms with van der Waals surface area (Å²) >= 11 is 12.1. The van der Waals surface area contributed by atoms with E-state index in [1.54, 1.807) is 60.7 Å². The number of halogens is 2. The molecular formula is C24H21Cl2N3O4. The molecule has 0 aliphatic carbocycles. The molecule has 3 aromatic rings. The number of nitrogens with one attached hydrogen (secondary N) is 2. The lowest BCUT2D eigenvalue weighted by atomic mass is 10.2. The van der Waals surface area contributed by atoms with Gasteiger partial charge in [0.1, 0.15) is 6.61 Å². The van der Waals surface area contributed by atoms with Gasteiger partial charge >= 0.3 is 0 Å². The molecule has 33 heavy (non-hydrogen) atoms. The highest BCUT2D eigenvalue weighted by Crippen LogP contribution is 2.29. The first-order valence-corrected chi connectivity index (χ1v) is 10.6. The number of methoxy groups -OCH3 is 1. The Morgan fingerprint density at radius 3 is 2.42 bits per heavy atom. The highest BCUT2D eigenvalue weighted by Gasteiger charge is 2.08. The normalized spacial score (nSPS) is 10.7. The Morgan fingerprint density at radius 1 is 1.00 bits per heavy atom. The second-order valence-electron chi connectivity index (χ2n) is 6.89. The molecule has 0 aliphatic rings. The molecule has 0 heterocycles. The zero-order valence-corrected chi connectivity index (χ0v) is 19.4. The van der Waals surface area contributed by atoms with E-state index >= 15 is 0 Å². The van der Waals surface area contributed by atoms with Crippen molar-refractivity contribution >= 4 is 46.9 Å². The number of nitrogens with zero attached hydrogens (tertiary/aromatic N) is 1. The molecular weight excluding hydrogens is 465 g/mol. The molecule has 9 heteroatoms. The van der Waals surface area contributed by atoms with Gasteiger partial charge in [0.2, 0.25) is 5.91 Å². The molecule has 3 rings (SSSR count). The van der Waals surface area contributed by atoms with Crippen LogP contribution in [0.25, 0.3) is 0 Å². The number of carbonyl (C=O) groups excluding carboxylic acids is 2. The first-order chi connectivity index (χ1) is 15.9. The molecule has 0 aromatic heterocycles. The summed E-state index contributed by atoms with van der Waals surface area (Å²) in [7, 11) is 1.53. The van der Waals surface area contributed by atoms with Crippen LogP contribution < -0.4 is 20.2 Å². The third-order valence-electron chi connectivity index (χ3n) is 4.43. The zero-order valence-electron chi connectivity index (χ0n) is 17.9. The lowest BCUT2D eigenvalue weighted by Gasteiger charge is -2.12. The molecule has 0 fully saturated rings. The van der Waals surface area contributed by atoms with E-state index < -0.39 is 0 Å². The minimum absolute atomic E-state index is 0.183. The summed E-state index contributed by atoms with van der Waals surface area (Å²) in [5, 5.41) is 7.70. The maximum Gasteiger partial charge on any atom is 0.271 e. The minimum Gasteiger partial charge on any atom is -0.493 e. The van der Waals surface area contributed by atoms with Crippen LogP contribution in [0.5, 0.6) is 11.5 Å². The molecule has 0 saturated heterocycles. The van der Waals surface area contributed by atoms with Gasteiger partial charge in [-0.1, -0.05) is 29.3 Å².